The predicted octanol–water partition coefficient (Wildman–Crippen LogP) is 6.85. The zero-order chi connectivity index (χ0) is 25.5. The van der Waals surface area contributed by atoms with Gasteiger partial charge >= 0.3 is 0 Å². The van der Waals surface area contributed by atoms with Crippen LogP contribution in [0, 0.1) is 6.92 Å². The van der Waals surface area contributed by atoms with Crippen molar-refractivity contribution in [1.82, 2.24) is 14.4 Å². The lowest BCUT2D eigenvalue weighted by atomic mass is 10.2. The van der Waals surface area contributed by atoms with Crippen molar-refractivity contribution in [2.75, 3.05) is 21.3 Å². The summed E-state index contributed by atoms with van der Waals surface area (Å²) in [6.45, 7) is 2.32. The van der Waals surface area contributed by atoms with Gasteiger partial charge in [0.15, 0.2) is 15.8 Å². The highest BCUT2D eigenvalue weighted by Crippen LogP contribution is 2.39. The molecule has 8 nitrogen and oxygen atoms in total. The molecule has 0 saturated carbocycles. The molecule has 0 saturated heterocycles. The normalized spacial score (nSPS) is 11.4. The first-order valence-electron chi connectivity index (χ1n) is 11.4. The molecule has 0 aliphatic rings. The molecule has 4 aromatic heterocycles. The van der Waals surface area contributed by atoms with Crippen LogP contribution in [0.25, 0.3) is 38.0 Å². The molecule has 0 fully saturated rings. The van der Waals surface area contributed by atoms with E-state index >= 15 is 0 Å². The monoisotopic (exact) mass is 533 g/mol. The maximum atomic E-state index is 6.23. The Balaban J connectivity index is 1.29. The van der Waals surface area contributed by atoms with Gasteiger partial charge in [0.1, 0.15) is 40.1 Å². The molecule has 4 heterocycles. The second kappa shape index (κ2) is 9.45. The highest BCUT2D eigenvalue weighted by atomic mass is 32.1. The van der Waals surface area contributed by atoms with Crippen molar-refractivity contribution in [2.24, 2.45) is 0 Å². The average Bonchev–Trinajstić information content (AvgIpc) is 3.71. The van der Waals surface area contributed by atoms with E-state index in [1.54, 1.807) is 32.7 Å². The summed E-state index contributed by atoms with van der Waals surface area (Å²) in [6.07, 6.45) is 1.93. The molecule has 6 aromatic rings. The van der Waals surface area contributed by atoms with Gasteiger partial charge in [0, 0.05) is 23.1 Å². The molecule has 0 unspecified atom stereocenters. The number of aromatic nitrogens is 3. The van der Waals surface area contributed by atoms with Crippen LogP contribution in [-0.4, -0.2) is 35.7 Å². The van der Waals surface area contributed by atoms with E-state index < -0.39 is 0 Å². The first-order chi connectivity index (χ1) is 18.1. The maximum absolute atomic E-state index is 6.23. The standard InChI is InChI=1S/C27H23N3O5S2/c1-15-25(29-27-30(15)12-24(33-4)37-27)23-11-20-21(9-19(32-3)10-22(20)35-23)34-13-17-14-36-26(28-17)16-5-7-18(31-2)8-6-16/h5-12,14H,13H2,1-4H3. The Kier molecular flexibility index (Phi) is 5.97. The summed E-state index contributed by atoms with van der Waals surface area (Å²) in [6, 6.07) is 13.5. The van der Waals surface area contributed by atoms with Crippen molar-refractivity contribution in [3.8, 4) is 44.3 Å². The third kappa shape index (κ3) is 4.28. The largest absolute Gasteiger partial charge is 0.497 e. The number of nitrogens with zero attached hydrogens (tertiary/aromatic N) is 3. The van der Waals surface area contributed by atoms with E-state index in [1.807, 2.05) is 65.4 Å². The smallest absolute Gasteiger partial charge is 0.198 e. The van der Waals surface area contributed by atoms with Crippen LogP contribution in [-0.2, 0) is 6.61 Å². The highest BCUT2D eigenvalue weighted by molar-refractivity contribution is 7.18. The number of benzene rings is 2. The van der Waals surface area contributed by atoms with Gasteiger partial charge in [0.2, 0.25) is 0 Å². The minimum atomic E-state index is 0.314. The Morgan fingerprint density at radius 3 is 2.49 bits per heavy atom. The second-order valence-electron chi connectivity index (χ2n) is 8.26. The van der Waals surface area contributed by atoms with E-state index in [1.165, 1.54) is 11.3 Å². The van der Waals surface area contributed by atoms with Crippen LogP contribution in [0.3, 0.4) is 0 Å². The second-order valence-corrected chi connectivity index (χ2v) is 10.1. The van der Waals surface area contributed by atoms with E-state index in [4.69, 9.17) is 33.3 Å². The number of hydrogen-bond acceptors (Lipinski definition) is 9. The molecule has 37 heavy (non-hydrogen) atoms. The first-order valence-corrected chi connectivity index (χ1v) is 13.1. The molecule has 0 radical (unpaired) electrons. The van der Waals surface area contributed by atoms with Gasteiger partial charge in [0.25, 0.3) is 0 Å². The summed E-state index contributed by atoms with van der Waals surface area (Å²) >= 11 is 3.06. The third-order valence-electron chi connectivity index (χ3n) is 6.05. The summed E-state index contributed by atoms with van der Waals surface area (Å²) in [5.74, 6) is 2.78. The fourth-order valence-electron chi connectivity index (χ4n) is 4.09. The fourth-order valence-corrected chi connectivity index (χ4v) is 5.75. The average molecular weight is 534 g/mol. The van der Waals surface area contributed by atoms with Crippen molar-refractivity contribution in [1.29, 1.82) is 0 Å². The van der Waals surface area contributed by atoms with Gasteiger partial charge in [-0.05, 0) is 37.3 Å². The predicted molar refractivity (Wildman–Crippen MR) is 145 cm³/mol. The zero-order valence-corrected chi connectivity index (χ0v) is 22.2. The van der Waals surface area contributed by atoms with E-state index in [-0.39, 0.29) is 0 Å². The Labute approximate surface area is 220 Å². The summed E-state index contributed by atoms with van der Waals surface area (Å²) in [5.41, 5.74) is 4.29. The van der Waals surface area contributed by atoms with Crippen molar-refractivity contribution < 1.29 is 23.4 Å². The molecule has 0 N–H and O–H groups in total. The lowest BCUT2D eigenvalue weighted by Gasteiger charge is -2.08. The van der Waals surface area contributed by atoms with Crippen molar-refractivity contribution in [3.05, 3.63) is 65.4 Å². The fraction of sp³-hybridized carbons (Fsp3) is 0.185. The van der Waals surface area contributed by atoms with Crippen molar-refractivity contribution >= 4 is 38.6 Å². The van der Waals surface area contributed by atoms with E-state index in [0.717, 1.165) is 48.8 Å². The van der Waals surface area contributed by atoms with Gasteiger partial charge in [-0.2, -0.15) is 0 Å². The molecule has 0 atom stereocenters. The number of imidazole rings is 1. The van der Waals surface area contributed by atoms with Crippen molar-refractivity contribution in [2.45, 2.75) is 13.5 Å². The zero-order valence-electron chi connectivity index (χ0n) is 20.6. The summed E-state index contributed by atoms with van der Waals surface area (Å²) in [5, 5.41) is 4.58. The van der Waals surface area contributed by atoms with Gasteiger partial charge < -0.3 is 23.4 Å². The van der Waals surface area contributed by atoms with E-state index in [2.05, 4.69) is 0 Å². The van der Waals surface area contributed by atoms with Crippen LogP contribution < -0.4 is 18.9 Å². The van der Waals surface area contributed by atoms with Gasteiger partial charge in [-0.15, -0.1) is 11.3 Å². The van der Waals surface area contributed by atoms with Gasteiger partial charge in [-0.25, -0.2) is 9.97 Å². The number of thiazole rings is 2. The van der Waals surface area contributed by atoms with E-state index in [0.29, 0.717) is 29.4 Å². The van der Waals surface area contributed by atoms with Crippen LogP contribution in [0.2, 0.25) is 0 Å². The Morgan fingerprint density at radius 1 is 0.946 bits per heavy atom. The lowest BCUT2D eigenvalue weighted by Crippen LogP contribution is -1.97. The number of ether oxygens (including phenoxy) is 4. The molecule has 0 spiro atoms. The topological polar surface area (TPSA) is 80.2 Å². The SMILES string of the molecule is COc1ccc(-c2nc(COc3cc(OC)cc4oc(-c5nc6sc(OC)cn6c5C)cc34)cs2)cc1. The molecule has 0 bridgehead atoms. The summed E-state index contributed by atoms with van der Waals surface area (Å²) in [4.78, 5) is 10.4. The van der Waals surface area contributed by atoms with Crippen molar-refractivity contribution in [3.63, 3.8) is 0 Å². The van der Waals surface area contributed by atoms with Crippen LogP contribution in [0.1, 0.15) is 11.4 Å². The Morgan fingerprint density at radius 2 is 1.76 bits per heavy atom. The van der Waals surface area contributed by atoms with Crippen LogP contribution in [0.5, 0.6) is 22.3 Å². The maximum Gasteiger partial charge on any atom is 0.198 e. The van der Waals surface area contributed by atoms with Crippen LogP contribution in [0.15, 0.2) is 58.5 Å². The molecule has 2 aromatic carbocycles. The number of methoxy groups -OCH3 is 3. The number of hydrogen-bond donors (Lipinski definition) is 0. The van der Waals surface area contributed by atoms with Crippen LogP contribution in [0.4, 0.5) is 0 Å². The van der Waals surface area contributed by atoms with Gasteiger partial charge in [-0.3, -0.25) is 4.40 Å². The molecule has 10 heteroatoms. The Bertz CT molecular complexity index is 1710. The first kappa shape index (κ1) is 23.4. The molecule has 6 rings (SSSR count). The minimum absolute atomic E-state index is 0.314. The number of furan rings is 1. The minimum Gasteiger partial charge on any atom is -0.497 e. The quantitative estimate of drug-likeness (QED) is 0.212. The summed E-state index contributed by atoms with van der Waals surface area (Å²) in [7, 11) is 4.93. The van der Waals surface area contributed by atoms with Gasteiger partial charge in [-0.1, -0.05) is 11.3 Å². The number of aryl methyl sites for hydroxylation is 1. The highest BCUT2D eigenvalue weighted by Gasteiger charge is 2.20. The van der Waals surface area contributed by atoms with Gasteiger partial charge in [0.05, 0.1) is 44.3 Å². The number of fused-ring (bicyclic) bond motifs is 2. The Hall–Kier alpha value is -4.02. The molecule has 0 amide bonds. The molecular formula is C27H23N3O5S2. The van der Waals surface area contributed by atoms with E-state index in [9.17, 15) is 0 Å². The lowest BCUT2D eigenvalue weighted by molar-refractivity contribution is 0.303. The number of rotatable bonds is 8. The van der Waals surface area contributed by atoms with Crippen LogP contribution >= 0.6 is 22.7 Å². The molecular weight excluding hydrogens is 510 g/mol. The summed E-state index contributed by atoms with van der Waals surface area (Å²) < 4.78 is 30.5. The third-order valence-corrected chi connectivity index (χ3v) is 7.94. The molecule has 0 aliphatic heterocycles. The molecule has 188 valence electrons. The molecule has 0 aliphatic carbocycles.